The van der Waals surface area contributed by atoms with Gasteiger partial charge in [-0.25, -0.2) is 13.1 Å². The van der Waals surface area contributed by atoms with E-state index in [2.05, 4.69) is 58.2 Å². The minimum Gasteiger partial charge on any atom is -0.298 e. The number of aryl methyl sites for hydroxylation is 1. The van der Waals surface area contributed by atoms with E-state index >= 15 is 0 Å². The topological polar surface area (TPSA) is 67.2 Å². The Labute approximate surface area is 206 Å². The largest absolute Gasteiger partial charge is 0.298 e. The van der Waals surface area contributed by atoms with E-state index in [1.807, 2.05) is 17.8 Å². The first-order chi connectivity index (χ1) is 17.0. The Balaban J connectivity index is 1.18. The van der Waals surface area contributed by atoms with Crippen molar-refractivity contribution in [3.63, 3.8) is 0 Å². The van der Waals surface area contributed by atoms with Crippen LogP contribution in [0, 0.1) is 5.92 Å². The van der Waals surface area contributed by atoms with E-state index in [0.717, 1.165) is 37.2 Å². The van der Waals surface area contributed by atoms with Crippen molar-refractivity contribution in [1.82, 2.24) is 19.4 Å². The van der Waals surface area contributed by atoms with E-state index in [1.165, 1.54) is 16.5 Å². The first kappa shape index (κ1) is 22.5. The van der Waals surface area contributed by atoms with Crippen molar-refractivity contribution < 1.29 is 8.42 Å². The summed E-state index contributed by atoms with van der Waals surface area (Å²) < 4.78 is 30.3. The Kier molecular flexibility index (Phi) is 5.71. The zero-order chi connectivity index (χ0) is 24.0. The highest BCUT2D eigenvalue weighted by atomic mass is 32.2. The molecule has 0 spiro atoms. The van der Waals surface area contributed by atoms with Crippen molar-refractivity contribution >= 4 is 20.8 Å². The monoisotopic (exact) mass is 486 g/mol. The smallest absolute Gasteiger partial charge is 0.240 e. The fraction of sp³-hybridized carbons (Fsp3) is 0.321. The normalized spacial score (nSPS) is 24.1. The van der Waals surface area contributed by atoms with E-state index < -0.39 is 10.0 Å². The van der Waals surface area contributed by atoms with Gasteiger partial charge < -0.3 is 0 Å². The molecular weight excluding hydrogens is 456 g/mol. The number of hydrogen-bond acceptors (Lipinski definition) is 4. The fourth-order valence-electron chi connectivity index (χ4n) is 5.89. The van der Waals surface area contributed by atoms with Gasteiger partial charge in [0.25, 0.3) is 0 Å². The second-order valence-corrected chi connectivity index (χ2v) is 11.6. The second kappa shape index (κ2) is 8.90. The highest BCUT2D eigenvalue weighted by Crippen LogP contribution is 2.42. The second-order valence-electron chi connectivity index (χ2n) is 9.84. The number of hydrogen-bond donors (Lipinski definition) is 1. The van der Waals surface area contributed by atoms with E-state index in [0.29, 0.717) is 23.3 Å². The number of piperidine rings is 3. The molecule has 4 aromatic rings. The number of nitrogens with zero attached hydrogens (tertiary/aromatic N) is 3. The minimum atomic E-state index is -3.48. The molecule has 7 rings (SSSR count). The molecule has 35 heavy (non-hydrogen) atoms. The lowest BCUT2D eigenvalue weighted by Gasteiger charge is -2.49. The van der Waals surface area contributed by atoms with Crippen LogP contribution in [-0.4, -0.2) is 48.8 Å². The molecule has 4 atom stereocenters. The molecule has 7 heteroatoms. The first-order valence-corrected chi connectivity index (χ1v) is 13.8. The average Bonchev–Trinajstić information content (AvgIpc) is 3.29. The van der Waals surface area contributed by atoms with Crippen LogP contribution in [0.5, 0.6) is 0 Å². The molecule has 1 unspecified atom stereocenters. The molecular formula is C28H30N4O2S. The number of aromatic nitrogens is 2. The fourth-order valence-corrected chi connectivity index (χ4v) is 6.99. The molecule has 1 N–H and O–H groups in total. The lowest BCUT2D eigenvalue weighted by atomic mass is 9.74. The molecule has 3 aromatic carbocycles. The third-order valence-electron chi connectivity index (χ3n) is 7.78. The van der Waals surface area contributed by atoms with Crippen LogP contribution in [0.1, 0.15) is 24.5 Å². The molecule has 0 radical (unpaired) electrons. The van der Waals surface area contributed by atoms with Crippen LogP contribution < -0.4 is 4.72 Å². The summed E-state index contributed by atoms with van der Waals surface area (Å²) >= 11 is 0. The molecule has 2 bridgehead atoms. The van der Waals surface area contributed by atoms with E-state index in [1.54, 1.807) is 24.3 Å². The van der Waals surface area contributed by atoms with Gasteiger partial charge in [-0.1, -0.05) is 54.6 Å². The van der Waals surface area contributed by atoms with Gasteiger partial charge in [0.05, 0.1) is 10.6 Å². The quantitative estimate of drug-likeness (QED) is 0.439. The van der Waals surface area contributed by atoms with Crippen LogP contribution in [0.2, 0.25) is 0 Å². The number of fused-ring (bicyclic) bond motifs is 4. The lowest BCUT2D eigenvalue weighted by molar-refractivity contribution is 0.0306. The van der Waals surface area contributed by atoms with Crippen molar-refractivity contribution in [2.75, 3.05) is 19.6 Å². The molecule has 0 aliphatic carbocycles. The minimum absolute atomic E-state index is 0.233. The predicted molar refractivity (Wildman–Crippen MR) is 139 cm³/mol. The van der Waals surface area contributed by atoms with E-state index in [4.69, 9.17) is 5.10 Å². The average molecular weight is 487 g/mol. The first-order valence-electron chi connectivity index (χ1n) is 12.3. The summed E-state index contributed by atoms with van der Waals surface area (Å²) in [6, 6.07) is 26.0. The van der Waals surface area contributed by atoms with Crippen molar-refractivity contribution in [2.45, 2.75) is 29.7 Å². The van der Waals surface area contributed by atoms with Gasteiger partial charge in [0, 0.05) is 43.4 Å². The van der Waals surface area contributed by atoms with Gasteiger partial charge in [-0.05, 0) is 60.3 Å². The number of rotatable bonds is 6. The maximum atomic E-state index is 12.7. The molecule has 1 aromatic heterocycles. The zero-order valence-corrected chi connectivity index (χ0v) is 20.7. The summed E-state index contributed by atoms with van der Waals surface area (Å²) in [5.41, 5.74) is 3.42. The lowest BCUT2D eigenvalue weighted by Crippen LogP contribution is -2.56. The van der Waals surface area contributed by atoms with Crippen molar-refractivity contribution in [3.8, 4) is 11.3 Å². The van der Waals surface area contributed by atoms with Gasteiger partial charge >= 0.3 is 0 Å². The van der Waals surface area contributed by atoms with Gasteiger partial charge in [0.15, 0.2) is 0 Å². The number of nitrogens with one attached hydrogen (secondary N) is 1. The molecule has 6 nitrogen and oxygen atoms in total. The zero-order valence-electron chi connectivity index (χ0n) is 19.8. The molecule has 3 saturated heterocycles. The van der Waals surface area contributed by atoms with Crippen LogP contribution >= 0.6 is 0 Å². The molecule has 4 heterocycles. The van der Waals surface area contributed by atoms with Crippen LogP contribution in [-0.2, 0) is 17.1 Å². The van der Waals surface area contributed by atoms with Gasteiger partial charge in [0.1, 0.15) is 0 Å². The molecule has 3 fully saturated rings. The summed E-state index contributed by atoms with van der Waals surface area (Å²) in [4.78, 5) is 2.78. The number of benzene rings is 3. The van der Waals surface area contributed by atoms with Crippen molar-refractivity contribution in [1.29, 1.82) is 0 Å². The van der Waals surface area contributed by atoms with E-state index in [9.17, 15) is 8.42 Å². The SMILES string of the molecule is Cn1nc(-c2ccc3ccccc3c2)cc1[C@H]1CN2CC[C@H]1C[C@@H]2CNS(=O)(=O)c1ccccc1. The maximum absolute atomic E-state index is 12.7. The van der Waals surface area contributed by atoms with E-state index in [-0.39, 0.29) is 6.04 Å². The highest BCUT2D eigenvalue weighted by molar-refractivity contribution is 7.89. The molecule has 180 valence electrons. The van der Waals surface area contributed by atoms with Gasteiger partial charge in [-0.15, -0.1) is 0 Å². The van der Waals surface area contributed by atoms with Crippen molar-refractivity contribution in [3.05, 3.63) is 84.6 Å². The summed E-state index contributed by atoms with van der Waals surface area (Å²) in [7, 11) is -1.44. The Hall–Kier alpha value is -3.00. The summed E-state index contributed by atoms with van der Waals surface area (Å²) in [6.45, 7) is 2.42. The Morgan fingerprint density at radius 1 is 0.971 bits per heavy atom. The van der Waals surface area contributed by atoms with Crippen molar-refractivity contribution in [2.24, 2.45) is 13.0 Å². The molecule has 0 amide bonds. The predicted octanol–water partition coefficient (Wildman–Crippen LogP) is 4.40. The number of sulfonamides is 1. The summed E-state index contributed by atoms with van der Waals surface area (Å²) in [5, 5.41) is 7.33. The molecule has 3 aliphatic rings. The van der Waals surface area contributed by atoms with Crippen LogP contribution in [0.15, 0.2) is 83.8 Å². The Morgan fingerprint density at radius 3 is 2.51 bits per heavy atom. The Bertz CT molecular complexity index is 1460. The van der Waals surface area contributed by atoms with Crippen LogP contribution in [0.4, 0.5) is 0 Å². The van der Waals surface area contributed by atoms with Gasteiger partial charge in [-0.3, -0.25) is 9.58 Å². The van der Waals surface area contributed by atoms with Crippen LogP contribution in [0.25, 0.3) is 22.0 Å². The highest BCUT2D eigenvalue weighted by Gasteiger charge is 2.42. The summed E-state index contributed by atoms with van der Waals surface area (Å²) in [6.07, 6.45) is 2.14. The standard InChI is InChI=1S/C28H30N4O2S/c1-31-28(17-27(30-31)23-12-11-20-7-5-6-8-21(20)15-23)26-19-32-14-13-22(26)16-24(32)18-29-35(33,34)25-9-3-2-4-10-25/h2-12,15,17,22,24,26,29H,13-14,16,18-19H2,1H3/t22-,24+,26-/m0/s1. The maximum Gasteiger partial charge on any atom is 0.240 e. The summed E-state index contributed by atoms with van der Waals surface area (Å²) in [5.74, 6) is 0.948. The van der Waals surface area contributed by atoms with Gasteiger partial charge in [0.2, 0.25) is 10.0 Å². The van der Waals surface area contributed by atoms with Crippen LogP contribution in [0.3, 0.4) is 0 Å². The molecule has 3 aliphatic heterocycles. The van der Waals surface area contributed by atoms with Gasteiger partial charge in [-0.2, -0.15) is 5.10 Å². The third-order valence-corrected chi connectivity index (χ3v) is 9.22. The Morgan fingerprint density at radius 2 is 1.74 bits per heavy atom. The third kappa shape index (κ3) is 4.29. The molecule has 0 saturated carbocycles.